The Morgan fingerprint density at radius 2 is 2.00 bits per heavy atom. The molecular formula is C11H9F2N3O2. The maximum atomic E-state index is 13.8. The molecule has 0 amide bonds. The molecule has 3 N–H and O–H groups in total. The molecule has 1 aromatic heterocycles. The Morgan fingerprint density at radius 3 is 2.50 bits per heavy atom. The zero-order valence-corrected chi connectivity index (χ0v) is 9.32. The number of halogens is 2. The fourth-order valence-electron chi connectivity index (χ4n) is 1.58. The highest BCUT2D eigenvalue weighted by atomic mass is 19.2. The summed E-state index contributed by atoms with van der Waals surface area (Å²) in [6.45, 7) is 0. The van der Waals surface area contributed by atoms with E-state index in [1.54, 1.807) is 7.05 Å². The number of anilines is 1. The second kappa shape index (κ2) is 4.10. The maximum absolute atomic E-state index is 13.8. The summed E-state index contributed by atoms with van der Waals surface area (Å²) in [5.41, 5.74) is 5.01. The summed E-state index contributed by atoms with van der Waals surface area (Å²) in [5, 5.41) is 12.5. The minimum atomic E-state index is -1.53. The Labute approximate surface area is 100 Å². The van der Waals surface area contributed by atoms with E-state index >= 15 is 0 Å². The second-order valence-corrected chi connectivity index (χ2v) is 3.66. The predicted molar refractivity (Wildman–Crippen MR) is 59.9 cm³/mol. The Hall–Kier alpha value is -2.44. The van der Waals surface area contributed by atoms with E-state index in [4.69, 9.17) is 10.8 Å². The highest BCUT2D eigenvalue weighted by molar-refractivity contribution is 5.89. The maximum Gasteiger partial charge on any atom is 0.338 e. The number of hydrogen-bond acceptors (Lipinski definition) is 3. The molecule has 1 heterocycles. The van der Waals surface area contributed by atoms with Crippen molar-refractivity contribution >= 4 is 11.8 Å². The van der Waals surface area contributed by atoms with Crippen molar-refractivity contribution in [1.29, 1.82) is 0 Å². The van der Waals surface area contributed by atoms with E-state index in [0.717, 1.165) is 12.1 Å². The van der Waals surface area contributed by atoms with Gasteiger partial charge in [-0.2, -0.15) is 5.10 Å². The predicted octanol–water partition coefficient (Wildman–Crippen LogP) is 1.65. The lowest BCUT2D eigenvalue weighted by molar-refractivity contribution is 0.0690. The number of nitrogens with zero attached hydrogens (tertiary/aromatic N) is 2. The molecule has 0 atom stereocenters. The molecule has 18 heavy (non-hydrogen) atoms. The largest absolute Gasteiger partial charge is 0.478 e. The van der Waals surface area contributed by atoms with Gasteiger partial charge < -0.3 is 10.8 Å². The Morgan fingerprint density at radius 1 is 1.33 bits per heavy atom. The topological polar surface area (TPSA) is 81.1 Å². The molecule has 2 aromatic rings. The Bertz CT molecular complexity index is 637. The highest BCUT2D eigenvalue weighted by Crippen LogP contribution is 2.30. The monoisotopic (exact) mass is 253 g/mol. The molecule has 0 aliphatic heterocycles. The molecule has 0 bridgehead atoms. The van der Waals surface area contributed by atoms with Crippen LogP contribution in [0.5, 0.6) is 0 Å². The van der Waals surface area contributed by atoms with E-state index in [9.17, 15) is 13.6 Å². The summed E-state index contributed by atoms with van der Waals surface area (Å²) in [6, 6.07) is 2.15. The quantitative estimate of drug-likeness (QED) is 0.852. The number of rotatable bonds is 2. The van der Waals surface area contributed by atoms with Crippen molar-refractivity contribution in [3.8, 4) is 11.1 Å². The van der Waals surface area contributed by atoms with E-state index in [0.29, 0.717) is 0 Å². The highest BCUT2D eigenvalue weighted by Gasteiger charge is 2.20. The first-order valence-electron chi connectivity index (χ1n) is 4.92. The van der Waals surface area contributed by atoms with Crippen molar-refractivity contribution in [1.82, 2.24) is 9.78 Å². The van der Waals surface area contributed by atoms with Crippen molar-refractivity contribution in [2.75, 3.05) is 5.73 Å². The number of benzene rings is 1. The van der Waals surface area contributed by atoms with Gasteiger partial charge in [-0.05, 0) is 6.07 Å². The summed E-state index contributed by atoms with van der Waals surface area (Å²) in [7, 11) is 1.55. The number of carbonyl (C=O) groups is 1. The first-order valence-corrected chi connectivity index (χ1v) is 4.92. The average Bonchev–Trinajstić information content (AvgIpc) is 2.63. The van der Waals surface area contributed by atoms with Crippen molar-refractivity contribution in [3.63, 3.8) is 0 Å². The number of nitrogen functional groups attached to an aromatic ring is 1. The fourth-order valence-corrected chi connectivity index (χ4v) is 1.58. The van der Waals surface area contributed by atoms with Gasteiger partial charge in [-0.25, -0.2) is 13.6 Å². The Kier molecular flexibility index (Phi) is 2.74. The van der Waals surface area contributed by atoms with Crippen LogP contribution in [0.2, 0.25) is 0 Å². The zero-order chi connectivity index (χ0) is 13.4. The molecule has 0 saturated heterocycles. The molecule has 7 heteroatoms. The molecule has 1 aromatic carbocycles. The third-order valence-corrected chi connectivity index (χ3v) is 2.59. The summed E-state index contributed by atoms with van der Waals surface area (Å²) < 4.78 is 28.6. The third-order valence-electron chi connectivity index (χ3n) is 2.59. The van der Waals surface area contributed by atoms with Gasteiger partial charge in [0.15, 0.2) is 11.6 Å². The van der Waals surface area contributed by atoms with Crippen LogP contribution in [0, 0.1) is 11.6 Å². The van der Waals surface area contributed by atoms with Gasteiger partial charge >= 0.3 is 5.97 Å². The lowest BCUT2D eigenvalue weighted by Gasteiger charge is -2.05. The smallest absolute Gasteiger partial charge is 0.338 e. The van der Waals surface area contributed by atoms with E-state index < -0.39 is 23.2 Å². The fraction of sp³-hybridized carbons (Fsp3) is 0.0909. The van der Waals surface area contributed by atoms with Crippen LogP contribution in [0.4, 0.5) is 14.6 Å². The van der Waals surface area contributed by atoms with Gasteiger partial charge in [0.2, 0.25) is 0 Å². The number of hydrogen-bond donors (Lipinski definition) is 2. The third kappa shape index (κ3) is 1.69. The average molecular weight is 253 g/mol. The molecule has 0 saturated carbocycles. The number of aromatic nitrogens is 2. The summed E-state index contributed by atoms with van der Waals surface area (Å²) in [5.74, 6) is -4.04. The molecule has 0 unspecified atom stereocenters. The van der Waals surface area contributed by atoms with Gasteiger partial charge in [0, 0.05) is 18.2 Å². The van der Waals surface area contributed by atoms with Crippen LogP contribution in [-0.2, 0) is 7.05 Å². The molecule has 5 nitrogen and oxygen atoms in total. The molecular weight excluding hydrogens is 244 g/mol. The number of carboxylic acids is 1. The van der Waals surface area contributed by atoms with Crippen LogP contribution in [0.25, 0.3) is 11.1 Å². The minimum absolute atomic E-state index is 0.122. The lowest BCUT2D eigenvalue weighted by Crippen LogP contribution is -2.04. The molecule has 94 valence electrons. The number of aryl methyl sites for hydroxylation is 1. The van der Waals surface area contributed by atoms with Gasteiger partial charge in [-0.3, -0.25) is 4.68 Å². The molecule has 0 radical (unpaired) electrons. The molecule has 2 rings (SSSR count). The van der Waals surface area contributed by atoms with Crippen LogP contribution < -0.4 is 5.73 Å². The molecule has 0 fully saturated rings. The first kappa shape index (κ1) is 12.0. The standard InChI is InChI=1S/C11H9F2N3O2/c1-16-10(14)7(4-15-16)5-2-3-6(11(17)18)9(13)8(5)12/h2-4H,14H2,1H3,(H,17,18). The lowest BCUT2D eigenvalue weighted by atomic mass is 10.0. The molecule has 0 spiro atoms. The zero-order valence-electron chi connectivity index (χ0n) is 9.32. The number of nitrogens with two attached hydrogens (primary N) is 1. The first-order chi connectivity index (χ1) is 8.43. The van der Waals surface area contributed by atoms with Gasteiger partial charge in [0.1, 0.15) is 5.82 Å². The SMILES string of the molecule is Cn1ncc(-c2ccc(C(=O)O)c(F)c2F)c1N. The van der Waals surface area contributed by atoms with Crippen LogP contribution in [0.1, 0.15) is 10.4 Å². The summed E-state index contributed by atoms with van der Waals surface area (Å²) >= 11 is 0. The number of carboxylic acid groups (broad SMARTS) is 1. The van der Waals surface area contributed by atoms with Gasteiger partial charge in [-0.15, -0.1) is 0 Å². The Balaban J connectivity index is 2.64. The molecule has 0 aliphatic carbocycles. The van der Waals surface area contributed by atoms with Crippen molar-refractivity contribution < 1.29 is 18.7 Å². The summed E-state index contributed by atoms with van der Waals surface area (Å²) in [4.78, 5) is 10.6. The van der Waals surface area contributed by atoms with Crippen molar-refractivity contribution in [2.45, 2.75) is 0 Å². The van der Waals surface area contributed by atoms with Gasteiger partial charge in [0.05, 0.1) is 11.8 Å². The van der Waals surface area contributed by atoms with Gasteiger partial charge in [0.25, 0.3) is 0 Å². The van der Waals surface area contributed by atoms with E-state index in [2.05, 4.69) is 5.10 Å². The number of aromatic carboxylic acids is 1. The summed E-state index contributed by atoms with van der Waals surface area (Å²) in [6.07, 6.45) is 1.29. The minimum Gasteiger partial charge on any atom is -0.478 e. The van der Waals surface area contributed by atoms with E-state index in [-0.39, 0.29) is 16.9 Å². The van der Waals surface area contributed by atoms with Crippen LogP contribution >= 0.6 is 0 Å². The van der Waals surface area contributed by atoms with Crippen molar-refractivity contribution in [3.05, 3.63) is 35.5 Å². The molecule has 0 aliphatic rings. The normalized spacial score (nSPS) is 10.6. The van der Waals surface area contributed by atoms with Gasteiger partial charge in [-0.1, -0.05) is 6.07 Å². The van der Waals surface area contributed by atoms with Crippen LogP contribution in [0.3, 0.4) is 0 Å². The van der Waals surface area contributed by atoms with E-state index in [1.807, 2.05) is 0 Å². The van der Waals surface area contributed by atoms with Crippen molar-refractivity contribution in [2.24, 2.45) is 7.05 Å². The van der Waals surface area contributed by atoms with Crippen LogP contribution in [0.15, 0.2) is 18.3 Å². The van der Waals surface area contributed by atoms with E-state index in [1.165, 1.54) is 10.9 Å². The van der Waals surface area contributed by atoms with Crippen LogP contribution in [-0.4, -0.2) is 20.9 Å². The second-order valence-electron chi connectivity index (χ2n) is 3.66.